The van der Waals surface area contributed by atoms with Crippen molar-refractivity contribution in [3.63, 3.8) is 0 Å². The van der Waals surface area contributed by atoms with Gasteiger partial charge in [0.15, 0.2) is 0 Å². The number of hydrogen-bond donors (Lipinski definition) is 0. The Labute approximate surface area is 129 Å². The molecule has 2 aromatic rings. The van der Waals surface area contributed by atoms with Gasteiger partial charge < -0.3 is 9.30 Å². The van der Waals surface area contributed by atoms with E-state index in [0.717, 1.165) is 36.1 Å². The predicted octanol–water partition coefficient (Wildman–Crippen LogP) is 3.95. The molecule has 1 saturated carbocycles. The van der Waals surface area contributed by atoms with Gasteiger partial charge in [0.2, 0.25) is 0 Å². The second kappa shape index (κ2) is 5.67. The van der Waals surface area contributed by atoms with Crippen molar-refractivity contribution in [2.45, 2.75) is 43.7 Å². The Kier molecular flexibility index (Phi) is 3.88. The van der Waals surface area contributed by atoms with Gasteiger partial charge in [0, 0.05) is 13.2 Å². The molecule has 1 aliphatic carbocycles. The van der Waals surface area contributed by atoms with Gasteiger partial charge in [0.1, 0.15) is 5.82 Å². The van der Waals surface area contributed by atoms with Crippen molar-refractivity contribution in [2.24, 2.45) is 0 Å². The molecule has 110 valence electrons. The number of imidazole rings is 1. The number of rotatable bonds is 3. The molecule has 0 aliphatic heterocycles. The van der Waals surface area contributed by atoms with Crippen LogP contribution in [0.2, 0.25) is 0 Å². The fourth-order valence-electron chi connectivity index (χ4n) is 3.21. The number of aromatic nitrogens is 2. The SMILES string of the molecule is COC1CCC(n2c(C(C)Cl)nc3ccc(C#N)cc32)C1. The van der Waals surface area contributed by atoms with Crippen LogP contribution >= 0.6 is 11.6 Å². The molecule has 0 amide bonds. The first-order valence-electron chi connectivity index (χ1n) is 7.23. The van der Waals surface area contributed by atoms with Crippen LogP contribution in [0.3, 0.4) is 0 Å². The Bertz CT molecular complexity index is 701. The fourth-order valence-corrected chi connectivity index (χ4v) is 3.37. The molecule has 0 spiro atoms. The summed E-state index contributed by atoms with van der Waals surface area (Å²) in [6.07, 6.45) is 3.37. The van der Waals surface area contributed by atoms with E-state index in [2.05, 4.69) is 15.6 Å². The number of nitriles is 1. The molecule has 0 radical (unpaired) electrons. The smallest absolute Gasteiger partial charge is 0.127 e. The molecule has 0 saturated heterocycles. The Morgan fingerprint density at radius 2 is 2.29 bits per heavy atom. The second-order valence-electron chi connectivity index (χ2n) is 5.60. The van der Waals surface area contributed by atoms with E-state index in [1.54, 1.807) is 13.2 Å². The molecule has 1 aromatic heterocycles. The monoisotopic (exact) mass is 303 g/mol. The van der Waals surface area contributed by atoms with Gasteiger partial charge in [-0.25, -0.2) is 4.98 Å². The van der Waals surface area contributed by atoms with Crippen LogP contribution in [0, 0.1) is 11.3 Å². The highest BCUT2D eigenvalue weighted by molar-refractivity contribution is 6.20. The lowest BCUT2D eigenvalue weighted by atomic mass is 10.2. The highest BCUT2D eigenvalue weighted by atomic mass is 35.5. The van der Waals surface area contributed by atoms with E-state index in [1.807, 2.05) is 19.1 Å². The molecule has 0 bridgehead atoms. The molecule has 1 aromatic carbocycles. The van der Waals surface area contributed by atoms with Crippen molar-refractivity contribution in [1.82, 2.24) is 9.55 Å². The van der Waals surface area contributed by atoms with Crippen molar-refractivity contribution in [1.29, 1.82) is 5.26 Å². The number of hydrogen-bond acceptors (Lipinski definition) is 3. The first-order chi connectivity index (χ1) is 10.1. The van der Waals surface area contributed by atoms with E-state index in [4.69, 9.17) is 21.6 Å². The van der Waals surface area contributed by atoms with Gasteiger partial charge in [-0.1, -0.05) is 0 Å². The topological polar surface area (TPSA) is 50.8 Å². The zero-order valence-corrected chi connectivity index (χ0v) is 13.0. The van der Waals surface area contributed by atoms with Crippen LogP contribution in [0.4, 0.5) is 0 Å². The largest absolute Gasteiger partial charge is 0.381 e. The summed E-state index contributed by atoms with van der Waals surface area (Å²) in [6, 6.07) is 8.14. The molecule has 0 N–H and O–H groups in total. The lowest BCUT2D eigenvalue weighted by molar-refractivity contribution is 0.106. The van der Waals surface area contributed by atoms with Crippen LogP contribution in [-0.4, -0.2) is 22.8 Å². The van der Waals surface area contributed by atoms with Crippen LogP contribution in [0.25, 0.3) is 11.0 Å². The number of alkyl halides is 1. The summed E-state index contributed by atoms with van der Waals surface area (Å²) in [4.78, 5) is 4.66. The van der Waals surface area contributed by atoms with Crippen LogP contribution in [0.1, 0.15) is 49.0 Å². The van der Waals surface area contributed by atoms with E-state index in [9.17, 15) is 0 Å². The van der Waals surface area contributed by atoms with E-state index >= 15 is 0 Å². The number of fused-ring (bicyclic) bond motifs is 1. The van der Waals surface area contributed by atoms with Crippen molar-refractivity contribution in [3.05, 3.63) is 29.6 Å². The summed E-state index contributed by atoms with van der Waals surface area (Å²) < 4.78 is 7.69. The molecule has 1 aliphatic rings. The van der Waals surface area contributed by atoms with Crippen molar-refractivity contribution < 1.29 is 4.74 Å². The van der Waals surface area contributed by atoms with E-state index in [0.29, 0.717) is 17.7 Å². The third-order valence-electron chi connectivity index (χ3n) is 4.26. The van der Waals surface area contributed by atoms with Crippen LogP contribution in [0.5, 0.6) is 0 Å². The Balaban J connectivity index is 2.13. The van der Waals surface area contributed by atoms with Gasteiger partial charge >= 0.3 is 0 Å². The number of benzene rings is 1. The van der Waals surface area contributed by atoms with E-state index in [1.165, 1.54) is 0 Å². The lowest BCUT2D eigenvalue weighted by Crippen LogP contribution is -2.12. The second-order valence-corrected chi connectivity index (χ2v) is 6.25. The van der Waals surface area contributed by atoms with Gasteiger partial charge in [-0.05, 0) is 44.4 Å². The third-order valence-corrected chi connectivity index (χ3v) is 4.45. The maximum Gasteiger partial charge on any atom is 0.127 e. The Morgan fingerprint density at radius 3 is 2.90 bits per heavy atom. The van der Waals surface area contributed by atoms with Crippen LogP contribution in [0.15, 0.2) is 18.2 Å². The summed E-state index contributed by atoms with van der Waals surface area (Å²) in [5.41, 5.74) is 2.55. The molecular weight excluding hydrogens is 286 g/mol. The highest BCUT2D eigenvalue weighted by Crippen LogP contribution is 2.37. The predicted molar refractivity (Wildman–Crippen MR) is 82.4 cm³/mol. The van der Waals surface area contributed by atoms with Gasteiger partial charge in [-0.3, -0.25) is 0 Å². The molecule has 1 fully saturated rings. The summed E-state index contributed by atoms with van der Waals surface area (Å²) >= 11 is 6.32. The van der Waals surface area contributed by atoms with Gasteiger partial charge in [0.05, 0.1) is 34.1 Å². The quantitative estimate of drug-likeness (QED) is 0.807. The third kappa shape index (κ3) is 2.52. The van der Waals surface area contributed by atoms with Crippen molar-refractivity contribution >= 4 is 22.6 Å². The molecule has 3 rings (SSSR count). The summed E-state index contributed by atoms with van der Waals surface area (Å²) in [5.74, 6) is 0.878. The maximum atomic E-state index is 9.12. The van der Waals surface area contributed by atoms with Crippen LogP contribution in [-0.2, 0) is 4.74 Å². The van der Waals surface area contributed by atoms with Crippen LogP contribution < -0.4 is 0 Å². The molecule has 5 heteroatoms. The van der Waals surface area contributed by atoms with Crippen molar-refractivity contribution in [2.75, 3.05) is 7.11 Å². The first kappa shape index (κ1) is 14.4. The first-order valence-corrected chi connectivity index (χ1v) is 7.66. The van der Waals surface area contributed by atoms with E-state index < -0.39 is 0 Å². The average molecular weight is 304 g/mol. The Morgan fingerprint density at radius 1 is 1.48 bits per heavy atom. The van der Waals surface area contributed by atoms with Crippen molar-refractivity contribution in [3.8, 4) is 6.07 Å². The average Bonchev–Trinajstić information content (AvgIpc) is 3.09. The number of ether oxygens (including phenoxy) is 1. The number of halogens is 1. The van der Waals surface area contributed by atoms with Gasteiger partial charge in [0.25, 0.3) is 0 Å². The normalized spacial score (nSPS) is 23.3. The van der Waals surface area contributed by atoms with E-state index in [-0.39, 0.29) is 5.38 Å². The fraction of sp³-hybridized carbons (Fsp3) is 0.500. The molecule has 3 atom stereocenters. The summed E-state index contributed by atoms with van der Waals surface area (Å²) in [6.45, 7) is 1.94. The zero-order chi connectivity index (χ0) is 15.0. The Hall–Kier alpha value is -1.57. The summed E-state index contributed by atoms with van der Waals surface area (Å²) in [5, 5.41) is 8.96. The molecule has 21 heavy (non-hydrogen) atoms. The highest BCUT2D eigenvalue weighted by Gasteiger charge is 2.29. The zero-order valence-electron chi connectivity index (χ0n) is 12.2. The maximum absolute atomic E-state index is 9.12. The molecule has 3 unspecified atom stereocenters. The number of nitrogens with zero attached hydrogens (tertiary/aromatic N) is 3. The van der Waals surface area contributed by atoms with Gasteiger partial charge in [-0.15, -0.1) is 11.6 Å². The molecule has 1 heterocycles. The lowest BCUT2D eigenvalue weighted by Gasteiger charge is -2.18. The minimum absolute atomic E-state index is 0.162. The molecule has 4 nitrogen and oxygen atoms in total. The molecular formula is C16H18ClN3O. The summed E-state index contributed by atoms with van der Waals surface area (Å²) in [7, 11) is 1.76. The van der Waals surface area contributed by atoms with Gasteiger partial charge in [-0.2, -0.15) is 5.26 Å². The standard InChI is InChI=1S/C16H18ClN3O/c1-10(17)16-19-14-6-3-11(9-18)7-15(14)20(16)12-4-5-13(8-12)21-2/h3,6-7,10,12-13H,4-5,8H2,1-2H3. The number of methoxy groups -OCH3 is 1. The minimum Gasteiger partial charge on any atom is -0.381 e. The minimum atomic E-state index is -0.162.